The van der Waals surface area contributed by atoms with Crippen LogP contribution in [0.4, 0.5) is 8.78 Å². The predicted octanol–water partition coefficient (Wildman–Crippen LogP) is 1.28. The van der Waals surface area contributed by atoms with E-state index in [2.05, 4.69) is 5.32 Å². The van der Waals surface area contributed by atoms with Crippen molar-refractivity contribution in [3.05, 3.63) is 0 Å². The molecule has 0 radical (unpaired) electrons. The van der Waals surface area contributed by atoms with Crippen LogP contribution >= 0.6 is 12.4 Å². The maximum absolute atomic E-state index is 12.3. The van der Waals surface area contributed by atoms with Crippen LogP contribution in [0.3, 0.4) is 0 Å². The van der Waals surface area contributed by atoms with Crippen LogP contribution in [0.25, 0.3) is 0 Å². The molecule has 1 heterocycles. The van der Waals surface area contributed by atoms with E-state index in [9.17, 15) is 8.78 Å². The van der Waals surface area contributed by atoms with Crippen LogP contribution in [-0.2, 0) is 0 Å². The first-order valence-electron chi connectivity index (χ1n) is 2.71. The summed E-state index contributed by atoms with van der Waals surface area (Å²) < 4.78 is 24.6. The second kappa shape index (κ2) is 2.80. The molecule has 0 saturated carbocycles. The first kappa shape index (κ1) is 9.11. The van der Waals surface area contributed by atoms with Crippen molar-refractivity contribution in [2.45, 2.75) is 12.8 Å². The van der Waals surface area contributed by atoms with E-state index in [0.717, 1.165) is 0 Å². The van der Waals surface area contributed by atoms with Crippen LogP contribution < -0.4 is 5.32 Å². The molecule has 0 aliphatic carbocycles. The minimum absolute atomic E-state index is 0. The highest BCUT2D eigenvalue weighted by Gasteiger charge is 2.40. The summed E-state index contributed by atoms with van der Waals surface area (Å²) in [6.45, 7) is 1.86. The van der Waals surface area contributed by atoms with Crippen LogP contribution in [0.5, 0.6) is 0 Å². The van der Waals surface area contributed by atoms with Gasteiger partial charge >= 0.3 is 0 Å². The largest absolute Gasteiger partial charge is 0.311 e. The molecule has 1 saturated heterocycles. The summed E-state index contributed by atoms with van der Waals surface area (Å²) in [6, 6.07) is 0. The summed E-state index contributed by atoms with van der Waals surface area (Å²) in [6.07, 6.45) is 0. The molecule has 0 aromatic rings. The fourth-order valence-electron chi connectivity index (χ4n) is 0.779. The number of rotatable bonds is 0. The quantitative estimate of drug-likeness (QED) is 0.559. The van der Waals surface area contributed by atoms with Crippen LogP contribution in [0.1, 0.15) is 6.92 Å². The SMILES string of the molecule is C[C@H]1CNCC1(F)F.Cl. The van der Waals surface area contributed by atoms with Gasteiger partial charge < -0.3 is 5.32 Å². The molecule has 9 heavy (non-hydrogen) atoms. The maximum Gasteiger partial charge on any atom is 0.264 e. The van der Waals surface area contributed by atoms with Crippen molar-refractivity contribution < 1.29 is 8.78 Å². The van der Waals surface area contributed by atoms with Gasteiger partial charge in [0.15, 0.2) is 0 Å². The number of alkyl halides is 2. The average Bonchev–Trinajstić information content (AvgIpc) is 1.86. The lowest BCUT2D eigenvalue weighted by atomic mass is 10.1. The molecule has 1 fully saturated rings. The summed E-state index contributed by atoms with van der Waals surface area (Å²) in [7, 11) is 0. The molecule has 0 unspecified atom stereocenters. The predicted molar refractivity (Wildman–Crippen MR) is 34.2 cm³/mol. The van der Waals surface area contributed by atoms with Crippen molar-refractivity contribution in [3.8, 4) is 0 Å². The number of hydrogen-bond donors (Lipinski definition) is 1. The molecule has 1 N–H and O–H groups in total. The Labute approximate surface area is 59.2 Å². The third-order valence-corrected chi connectivity index (χ3v) is 1.53. The van der Waals surface area contributed by atoms with Gasteiger partial charge in [0.25, 0.3) is 5.92 Å². The van der Waals surface area contributed by atoms with Gasteiger partial charge in [-0.05, 0) is 0 Å². The molecule has 0 aromatic carbocycles. The molecule has 0 aromatic heterocycles. The lowest BCUT2D eigenvalue weighted by Crippen LogP contribution is -2.24. The zero-order valence-corrected chi connectivity index (χ0v) is 5.97. The molecule has 56 valence electrons. The minimum Gasteiger partial charge on any atom is -0.311 e. The van der Waals surface area contributed by atoms with Crippen LogP contribution in [-0.4, -0.2) is 19.0 Å². The zero-order valence-electron chi connectivity index (χ0n) is 5.16. The maximum atomic E-state index is 12.3. The van der Waals surface area contributed by atoms with Crippen LogP contribution in [0.15, 0.2) is 0 Å². The lowest BCUT2D eigenvalue weighted by Gasteiger charge is -2.10. The Morgan fingerprint density at radius 3 is 2.22 bits per heavy atom. The minimum atomic E-state index is -2.46. The van der Waals surface area contributed by atoms with Gasteiger partial charge in [-0.25, -0.2) is 8.78 Å². The van der Waals surface area contributed by atoms with Crippen LogP contribution in [0, 0.1) is 5.92 Å². The second-order valence-corrected chi connectivity index (χ2v) is 2.29. The van der Waals surface area contributed by atoms with Gasteiger partial charge in [0.05, 0.1) is 6.54 Å². The molecule has 1 aliphatic rings. The monoisotopic (exact) mass is 157 g/mol. The van der Waals surface area contributed by atoms with E-state index >= 15 is 0 Å². The topological polar surface area (TPSA) is 12.0 Å². The van der Waals surface area contributed by atoms with Gasteiger partial charge in [-0.1, -0.05) is 6.92 Å². The fraction of sp³-hybridized carbons (Fsp3) is 1.00. The van der Waals surface area contributed by atoms with Crippen molar-refractivity contribution in [2.75, 3.05) is 13.1 Å². The van der Waals surface area contributed by atoms with E-state index in [1.807, 2.05) is 0 Å². The number of hydrogen-bond acceptors (Lipinski definition) is 1. The Bertz CT molecular complexity index is 97.0. The lowest BCUT2D eigenvalue weighted by molar-refractivity contribution is -0.0148. The summed E-state index contributed by atoms with van der Waals surface area (Å²) in [5.74, 6) is -2.94. The van der Waals surface area contributed by atoms with Crippen molar-refractivity contribution in [1.82, 2.24) is 5.32 Å². The summed E-state index contributed by atoms with van der Waals surface area (Å²) in [5, 5.41) is 2.61. The van der Waals surface area contributed by atoms with Crippen molar-refractivity contribution >= 4 is 12.4 Å². The summed E-state index contributed by atoms with van der Waals surface area (Å²) in [4.78, 5) is 0. The highest BCUT2D eigenvalue weighted by Crippen LogP contribution is 2.26. The van der Waals surface area contributed by atoms with E-state index in [1.165, 1.54) is 0 Å². The molecule has 1 aliphatic heterocycles. The van der Waals surface area contributed by atoms with Crippen molar-refractivity contribution in [2.24, 2.45) is 5.92 Å². The average molecular weight is 158 g/mol. The first-order valence-corrected chi connectivity index (χ1v) is 2.71. The standard InChI is InChI=1S/C5H9F2N.ClH/c1-4-2-8-3-5(4,6)7;/h4,8H,2-3H2,1H3;1H/t4-;/m0./s1. The molecule has 1 rings (SSSR count). The molecule has 4 heteroatoms. The zero-order chi connectivity index (χ0) is 6.20. The third kappa shape index (κ3) is 1.76. The van der Waals surface area contributed by atoms with Gasteiger partial charge in [-0.3, -0.25) is 0 Å². The Balaban J connectivity index is 0.000000640. The molecule has 1 atom stereocenters. The van der Waals surface area contributed by atoms with Gasteiger partial charge in [0.1, 0.15) is 0 Å². The molecule has 0 spiro atoms. The molecule has 0 amide bonds. The second-order valence-electron chi connectivity index (χ2n) is 2.29. The van der Waals surface area contributed by atoms with Crippen molar-refractivity contribution in [1.29, 1.82) is 0 Å². The van der Waals surface area contributed by atoms with E-state index in [1.54, 1.807) is 6.92 Å². The van der Waals surface area contributed by atoms with E-state index in [4.69, 9.17) is 0 Å². The van der Waals surface area contributed by atoms with Gasteiger partial charge in [-0.2, -0.15) is 0 Å². The Hall–Kier alpha value is 0.110. The van der Waals surface area contributed by atoms with E-state index in [0.29, 0.717) is 6.54 Å². The van der Waals surface area contributed by atoms with Crippen molar-refractivity contribution in [3.63, 3.8) is 0 Å². The highest BCUT2D eigenvalue weighted by molar-refractivity contribution is 5.85. The van der Waals surface area contributed by atoms with E-state index in [-0.39, 0.29) is 19.0 Å². The fourth-order valence-corrected chi connectivity index (χ4v) is 0.779. The van der Waals surface area contributed by atoms with Gasteiger partial charge in [-0.15, -0.1) is 12.4 Å². The number of nitrogens with one attached hydrogen (secondary N) is 1. The molecular formula is C5H10ClF2N. The molecule has 1 nitrogen and oxygen atoms in total. The van der Waals surface area contributed by atoms with Gasteiger partial charge in [0, 0.05) is 12.5 Å². The number of halogens is 3. The molecular weight excluding hydrogens is 148 g/mol. The third-order valence-electron chi connectivity index (χ3n) is 1.53. The summed E-state index contributed by atoms with van der Waals surface area (Å²) in [5.41, 5.74) is 0. The Kier molecular flexibility index (Phi) is 2.83. The van der Waals surface area contributed by atoms with E-state index < -0.39 is 11.8 Å². The smallest absolute Gasteiger partial charge is 0.264 e. The summed E-state index contributed by atoms with van der Waals surface area (Å²) >= 11 is 0. The first-order chi connectivity index (χ1) is 3.63. The van der Waals surface area contributed by atoms with Gasteiger partial charge in [0.2, 0.25) is 0 Å². The Morgan fingerprint density at radius 1 is 1.56 bits per heavy atom. The Morgan fingerprint density at radius 2 is 2.11 bits per heavy atom. The van der Waals surface area contributed by atoms with Crippen LogP contribution in [0.2, 0.25) is 0 Å². The molecule has 0 bridgehead atoms. The highest BCUT2D eigenvalue weighted by atomic mass is 35.5. The normalized spacial score (nSPS) is 31.7.